The third-order valence-corrected chi connectivity index (χ3v) is 6.62. The lowest BCUT2D eigenvalue weighted by Gasteiger charge is -2.37. The van der Waals surface area contributed by atoms with Crippen molar-refractivity contribution in [2.45, 2.75) is 65.6 Å². The summed E-state index contributed by atoms with van der Waals surface area (Å²) in [7, 11) is 0. The van der Waals surface area contributed by atoms with Crippen LogP contribution in [0, 0.1) is 0 Å². The molecule has 2 aromatic carbocycles. The van der Waals surface area contributed by atoms with Crippen molar-refractivity contribution in [1.82, 2.24) is 9.80 Å². The molecule has 2 aliphatic rings. The summed E-state index contributed by atoms with van der Waals surface area (Å²) in [4.78, 5) is 30.8. The van der Waals surface area contributed by atoms with Gasteiger partial charge in [-0.15, -0.1) is 0 Å². The average molecular weight is 508 g/mol. The number of piperazine rings is 1. The van der Waals surface area contributed by atoms with Crippen LogP contribution in [0.3, 0.4) is 0 Å². The van der Waals surface area contributed by atoms with Gasteiger partial charge < -0.3 is 24.2 Å². The fourth-order valence-electron chi connectivity index (χ4n) is 4.83. The fourth-order valence-corrected chi connectivity index (χ4v) is 4.83. The number of hydrogen-bond donors (Lipinski definition) is 0. The van der Waals surface area contributed by atoms with Gasteiger partial charge in [0.05, 0.1) is 0 Å². The molecular formula is C30H41N3O4. The van der Waals surface area contributed by atoms with Gasteiger partial charge in [0, 0.05) is 50.3 Å². The molecule has 0 saturated carbocycles. The summed E-state index contributed by atoms with van der Waals surface area (Å²) in [5.74, 6) is 0. The Bertz CT molecular complexity index is 1160. The molecule has 2 saturated heterocycles. The summed E-state index contributed by atoms with van der Waals surface area (Å²) in [6.07, 6.45) is 3.52. The van der Waals surface area contributed by atoms with E-state index in [0.717, 1.165) is 25.9 Å². The predicted octanol–water partition coefficient (Wildman–Crippen LogP) is 6.31. The van der Waals surface area contributed by atoms with Gasteiger partial charge in [-0.1, -0.05) is 42.0 Å². The monoisotopic (exact) mass is 507 g/mol. The van der Waals surface area contributed by atoms with E-state index in [9.17, 15) is 9.59 Å². The maximum Gasteiger partial charge on any atom is 0.410 e. The molecule has 200 valence electrons. The first-order valence-electron chi connectivity index (χ1n) is 13.3. The minimum Gasteiger partial charge on any atom is -0.444 e. The lowest BCUT2D eigenvalue weighted by molar-refractivity contribution is 0.0228. The summed E-state index contributed by atoms with van der Waals surface area (Å²) in [6.45, 7) is 15.6. The lowest BCUT2D eigenvalue weighted by atomic mass is 9.96. The molecule has 7 nitrogen and oxygen atoms in total. The molecule has 0 aliphatic carbocycles. The Morgan fingerprint density at radius 3 is 1.76 bits per heavy atom. The average Bonchev–Trinajstić information content (AvgIpc) is 2.83. The molecule has 2 fully saturated rings. The molecule has 4 rings (SSSR count). The third kappa shape index (κ3) is 6.96. The quantitative estimate of drug-likeness (QED) is 0.477. The first-order valence-corrected chi connectivity index (χ1v) is 13.3. The van der Waals surface area contributed by atoms with Crippen molar-refractivity contribution in [3.05, 3.63) is 47.5 Å². The molecule has 2 amide bonds. The van der Waals surface area contributed by atoms with Crippen molar-refractivity contribution in [3.63, 3.8) is 0 Å². The van der Waals surface area contributed by atoms with Crippen LogP contribution in [0.5, 0.6) is 0 Å². The second kappa shape index (κ2) is 10.6. The van der Waals surface area contributed by atoms with Gasteiger partial charge in [-0.25, -0.2) is 9.59 Å². The van der Waals surface area contributed by atoms with Gasteiger partial charge in [0.1, 0.15) is 11.2 Å². The minimum atomic E-state index is -0.485. The smallest absolute Gasteiger partial charge is 0.410 e. The zero-order chi connectivity index (χ0) is 26.8. The topological polar surface area (TPSA) is 62.3 Å². The Hall–Kier alpha value is -3.22. The van der Waals surface area contributed by atoms with Crippen LogP contribution in [-0.2, 0) is 9.47 Å². The first kappa shape index (κ1) is 26.8. The van der Waals surface area contributed by atoms with E-state index in [4.69, 9.17) is 9.47 Å². The number of piperidine rings is 1. The molecule has 0 bridgehead atoms. The molecule has 0 atom stereocenters. The van der Waals surface area contributed by atoms with E-state index in [1.165, 1.54) is 27.6 Å². The Balaban J connectivity index is 1.45. The molecule has 2 aliphatic heterocycles. The lowest BCUT2D eigenvalue weighted by Crippen LogP contribution is -2.50. The van der Waals surface area contributed by atoms with E-state index >= 15 is 0 Å². The van der Waals surface area contributed by atoms with E-state index in [0.29, 0.717) is 26.2 Å². The maximum absolute atomic E-state index is 12.5. The SMILES string of the molecule is CC(C)(C)OC(=O)N1CCC(=Cc2ccc(N3CCN(C(=O)OC(C)(C)C)CC3)c3ccccc23)CC1. The standard InChI is InChI=1S/C30H41N3O4/c1-29(2,3)36-27(34)32-15-13-22(14-16-32)21-23-11-12-26(25-10-8-7-9-24(23)25)31-17-19-33(20-18-31)28(35)37-30(4,5)6/h7-12,21H,13-20H2,1-6H3. The van der Waals surface area contributed by atoms with Crippen molar-refractivity contribution in [1.29, 1.82) is 0 Å². The van der Waals surface area contributed by atoms with Gasteiger partial charge in [-0.05, 0) is 71.4 Å². The number of hydrogen-bond acceptors (Lipinski definition) is 5. The van der Waals surface area contributed by atoms with E-state index in [2.05, 4.69) is 47.4 Å². The number of nitrogens with zero attached hydrogens (tertiary/aromatic N) is 3. The molecule has 2 aromatic rings. The number of carbonyl (C=O) groups is 2. The highest BCUT2D eigenvalue weighted by atomic mass is 16.6. The second-order valence-electron chi connectivity index (χ2n) is 11.9. The molecule has 2 heterocycles. The van der Waals surface area contributed by atoms with Crippen molar-refractivity contribution < 1.29 is 19.1 Å². The number of benzene rings is 2. The van der Waals surface area contributed by atoms with Crippen LogP contribution in [0.15, 0.2) is 42.0 Å². The van der Waals surface area contributed by atoms with Crippen LogP contribution >= 0.6 is 0 Å². The molecule has 37 heavy (non-hydrogen) atoms. The number of carbonyl (C=O) groups excluding carboxylic acids is 2. The van der Waals surface area contributed by atoms with Crippen molar-refractivity contribution in [2.24, 2.45) is 0 Å². The van der Waals surface area contributed by atoms with Gasteiger partial charge in [0.2, 0.25) is 0 Å². The third-order valence-electron chi connectivity index (χ3n) is 6.62. The highest BCUT2D eigenvalue weighted by Gasteiger charge is 2.27. The van der Waals surface area contributed by atoms with Crippen LogP contribution in [0.25, 0.3) is 16.8 Å². The van der Waals surface area contributed by atoms with E-state index < -0.39 is 11.2 Å². The zero-order valence-electron chi connectivity index (χ0n) is 23.2. The van der Waals surface area contributed by atoms with Crippen LogP contribution in [-0.4, -0.2) is 72.5 Å². The van der Waals surface area contributed by atoms with Crippen LogP contribution in [0.1, 0.15) is 59.9 Å². The Labute approximate surface area is 221 Å². The Morgan fingerprint density at radius 1 is 0.703 bits per heavy atom. The van der Waals surface area contributed by atoms with Crippen molar-refractivity contribution in [2.75, 3.05) is 44.2 Å². The molecule has 7 heteroatoms. The van der Waals surface area contributed by atoms with Gasteiger partial charge in [0.25, 0.3) is 0 Å². The van der Waals surface area contributed by atoms with E-state index in [1.54, 1.807) is 9.80 Å². The number of ether oxygens (including phenoxy) is 2. The highest BCUT2D eigenvalue weighted by Crippen LogP contribution is 2.32. The second-order valence-corrected chi connectivity index (χ2v) is 11.9. The van der Waals surface area contributed by atoms with Gasteiger partial charge >= 0.3 is 12.2 Å². The molecule has 0 unspecified atom stereocenters. The number of fused-ring (bicyclic) bond motifs is 1. The van der Waals surface area contributed by atoms with Crippen molar-refractivity contribution in [3.8, 4) is 0 Å². The number of likely N-dealkylation sites (tertiary alicyclic amines) is 1. The summed E-state index contributed by atoms with van der Waals surface area (Å²) in [6, 6.07) is 12.9. The molecule has 0 N–H and O–H groups in total. The van der Waals surface area contributed by atoms with Crippen LogP contribution in [0.4, 0.5) is 15.3 Å². The Morgan fingerprint density at radius 2 is 1.22 bits per heavy atom. The van der Waals surface area contributed by atoms with E-state index in [-0.39, 0.29) is 12.2 Å². The highest BCUT2D eigenvalue weighted by molar-refractivity contribution is 5.99. The summed E-state index contributed by atoms with van der Waals surface area (Å²) in [5.41, 5.74) is 2.79. The van der Waals surface area contributed by atoms with Crippen LogP contribution < -0.4 is 4.90 Å². The maximum atomic E-state index is 12.5. The largest absolute Gasteiger partial charge is 0.444 e. The summed E-state index contributed by atoms with van der Waals surface area (Å²) >= 11 is 0. The van der Waals surface area contributed by atoms with E-state index in [1.807, 2.05) is 41.5 Å². The predicted molar refractivity (Wildman–Crippen MR) is 149 cm³/mol. The normalized spacial score (nSPS) is 17.1. The number of anilines is 1. The molecular weight excluding hydrogens is 466 g/mol. The minimum absolute atomic E-state index is 0.229. The number of amides is 2. The molecule has 0 radical (unpaired) electrons. The first-order chi connectivity index (χ1) is 17.4. The summed E-state index contributed by atoms with van der Waals surface area (Å²) < 4.78 is 11.1. The van der Waals surface area contributed by atoms with Gasteiger partial charge in [-0.3, -0.25) is 0 Å². The molecule has 0 spiro atoms. The fraction of sp³-hybridized carbons (Fsp3) is 0.533. The molecule has 0 aromatic heterocycles. The van der Waals surface area contributed by atoms with Crippen molar-refractivity contribution >= 4 is 34.7 Å². The van der Waals surface area contributed by atoms with Gasteiger partial charge in [-0.2, -0.15) is 0 Å². The number of rotatable bonds is 2. The summed E-state index contributed by atoms with van der Waals surface area (Å²) in [5, 5.41) is 2.44. The van der Waals surface area contributed by atoms with Gasteiger partial charge in [0.15, 0.2) is 0 Å². The zero-order valence-corrected chi connectivity index (χ0v) is 23.2. The van der Waals surface area contributed by atoms with Crippen LogP contribution in [0.2, 0.25) is 0 Å². The Kier molecular flexibility index (Phi) is 7.72.